The fourth-order valence-electron chi connectivity index (χ4n) is 3.41. The number of amides is 1. The molecule has 1 aromatic heterocycles. The van der Waals surface area contributed by atoms with E-state index in [1.54, 1.807) is 24.3 Å². The molecular weight excluding hydrogens is 441 g/mol. The van der Waals surface area contributed by atoms with E-state index >= 15 is 0 Å². The van der Waals surface area contributed by atoms with Gasteiger partial charge in [0.05, 0.1) is 6.10 Å². The van der Waals surface area contributed by atoms with Crippen molar-refractivity contribution in [2.24, 2.45) is 0 Å². The van der Waals surface area contributed by atoms with Crippen molar-refractivity contribution in [2.45, 2.75) is 44.6 Å². The highest BCUT2D eigenvalue weighted by molar-refractivity contribution is 6.00. The molecule has 2 N–H and O–H groups in total. The molecule has 0 aliphatic heterocycles. The molecule has 1 amide bonds. The zero-order valence-corrected chi connectivity index (χ0v) is 17.4. The normalized spacial score (nSPS) is 14.5. The lowest BCUT2D eigenvalue weighted by Gasteiger charge is -2.23. The van der Waals surface area contributed by atoms with Crippen LogP contribution < -0.4 is 20.1 Å². The molecule has 1 heterocycles. The van der Waals surface area contributed by atoms with Crippen molar-refractivity contribution in [3.05, 3.63) is 54.4 Å². The Balaban J connectivity index is 1.30. The van der Waals surface area contributed by atoms with Gasteiger partial charge in [-0.15, -0.1) is 18.3 Å². The van der Waals surface area contributed by atoms with E-state index in [0.717, 1.165) is 30.7 Å². The lowest BCUT2D eigenvalue weighted by Crippen LogP contribution is -2.19. The molecule has 33 heavy (non-hydrogen) atoms. The summed E-state index contributed by atoms with van der Waals surface area (Å²) in [5, 5.41) is 12.8. The summed E-state index contributed by atoms with van der Waals surface area (Å²) in [5.74, 6) is -0.507. The van der Waals surface area contributed by atoms with Gasteiger partial charge in [0.25, 0.3) is 0 Å². The van der Waals surface area contributed by atoms with Crippen LogP contribution in [0.15, 0.2) is 52.9 Å². The first kappa shape index (κ1) is 22.4. The predicted molar refractivity (Wildman–Crippen MR) is 113 cm³/mol. The molecule has 0 radical (unpaired) electrons. The van der Waals surface area contributed by atoms with Crippen LogP contribution in [0.25, 0.3) is 0 Å². The van der Waals surface area contributed by atoms with Crippen LogP contribution in [-0.4, -0.2) is 28.6 Å². The van der Waals surface area contributed by atoms with Crippen LogP contribution in [0.3, 0.4) is 0 Å². The number of aromatic nitrogens is 2. The Morgan fingerprint density at radius 1 is 0.909 bits per heavy atom. The summed E-state index contributed by atoms with van der Waals surface area (Å²) in [7, 11) is 0. The number of carbonyl (C=O) groups is 1. The van der Waals surface area contributed by atoms with Crippen LogP contribution in [0, 0.1) is 0 Å². The third kappa shape index (κ3) is 6.61. The van der Waals surface area contributed by atoms with Gasteiger partial charge < -0.3 is 24.5 Å². The van der Waals surface area contributed by atoms with Crippen LogP contribution in [0.5, 0.6) is 11.5 Å². The van der Waals surface area contributed by atoms with E-state index < -0.39 is 12.3 Å². The van der Waals surface area contributed by atoms with E-state index in [0.29, 0.717) is 11.4 Å². The van der Waals surface area contributed by atoms with Crippen molar-refractivity contribution in [1.82, 2.24) is 10.2 Å². The molecule has 0 spiro atoms. The Morgan fingerprint density at radius 2 is 1.55 bits per heavy atom. The molecule has 0 atom stereocenters. The number of alkyl halides is 3. The number of nitrogens with one attached hydrogen (secondary N) is 2. The van der Waals surface area contributed by atoms with E-state index in [9.17, 15) is 18.0 Å². The summed E-state index contributed by atoms with van der Waals surface area (Å²) in [5.41, 5.74) is 0.901. The maximum atomic E-state index is 12.4. The number of ether oxygens (including phenoxy) is 2. The summed E-state index contributed by atoms with van der Waals surface area (Å²) in [6.45, 7) is 0. The number of rotatable bonds is 7. The largest absolute Gasteiger partial charge is 0.573 e. The van der Waals surface area contributed by atoms with Crippen molar-refractivity contribution >= 4 is 23.3 Å². The fraction of sp³-hybridized carbons (Fsp3) is 0.318. The Bertz CT molecular complexity index is 1060. The summed E-state index contributed by atoms with van der Waals surface area (Å²) in [4.78, 5) is 12.4. The molecule has 0 saturated heterocycles. The monoisotopic (exact) mass is 462 g/mol. The molecule has 1 aliphatic rings. The Morgan fingerprint density at radius 3 is 2.21 bits per heavy atom. The van der Waals surface area contributed by atoms with Gasteiger partial charge in [-0.25, -0.2) is 0 Å². The molecule has 2 aromatic carbocycles. The molecule has 174 valence electrons. The standard InChI is InChI=1S/C22H21F3N4O4/c23-22(24,25)33-18-12-8-15(9-13-18)27-21-29-28-20(32-21)19(30)26-14-6-10-17(11-7-14)31-16-4-2-1-3-5-16/h6-13,16H,1-5H2,(H,26,30)(H,27,29). The van der Waals surface area contributed by atoms with Crippen molar-refractivity contribution < 1.29 is 31.9 Å². The summed E-state index contributed by atoms with van der Waals surface area (Å²) < 4.78 is 51.7. The number of nitrogens with zero attached hydrogens (tertiary/aromatic N) is 2. The lowest BCUT2D eigenvalue weighted by molar-refractivity contribution is -0.274. The zero-order chi connectivity index (χ0) is 23.3. The van der Waals surface area contributed by atoms with E-state index in [4.69, 9.17) is 9.15 Å². The van der Waals surface area contributed by atoms with E-state index in [-0.39, 0.29) is 23.8 Å². The molecule has 3 aromatic rings. The molecule has 0 unspecified atom stereocenters. The molecule has 1 fully saturated rings. The maximum absolute atomic E-state index is 12.4. The molecule has 0 bridgehead atoms. The van der Waals surface area contributed by atoms with Crippen LogP contribution in [-0.2, 0) is 0 Å². The zero-order valence-electron chi connectivity index (χ0n) is 17.4. The number of halogens is 3. The molecule has 4 rings (SSSR count). The third-order valence-electron chi connectivity index (χ3n) is 4.93. The minimum Gasteiger partial charge on any atom is -0.490 e. The van der Waals surface area contributed by atoms with Crippen molar-refractivity contribution in [1.29, 1.82) is 0 Å². The number of anilines is 3. The predicted octanol–water partition coefficient (Wildman–Crippen LogP) is 5.68. The average Bonchev–Trinajstić information content (AvgIpc) is 3.25. The second kappa shape index (κ2) is 9.80. The molecule has 1 aliphatic carbocycles. The van der Waals surface area contributed by atoms with Crippen LogP contribution in [0.2, 0.25) is 0 Å². The quantitative estimate of drug-likeness (QED) is 0.466. The van der Waals surface area contributed by atoms with Crippen molar-refractivity contribution in [3.63, 3.8) is 0 Å². The van der Waals surface area contributed by atoms with E-state index in [1.165, 1.54) is 31.4 Å². The number of hydrogen-bond acceptors (Lipinski definition) is 7. The number of hydrogen-bond donors (Lipinski definition) is 2. The summed E-state index contributed by atoms with van der Waals surface area (Å²) >= 11 is 0. The van der Waals surface area contributed by atoms with Crippen molar-refractivity contribution in [3.8, 4) is 11.5 Å². The van der Waals surface area contributed by atoms with Gasteiger partial charge in [-0.05, 0) is 74.2 Å². The van der Waals surface area contributed by atoms with Gasteiger partial charge >= 0.3 is 24.2 Å². The highest BCUT2D eigenvalue weighted by Gasteiger charge is 2.31. The van der Waals surface area contributed by atoms with Gasteiger partial charge in [-0.3, -0.25) is 4.79 Å². The summed E-state index contributed by atoms with van der Waals surface area (Å²) in [6.07, 6.45) is 1.18. The molecule has 1 saturated carbocycles. The minimum absolute atomic E-state index is 0.0964. The molecular formula is C22H21F3N4O4. The van der Waals surface area contributed by atoms with Gasteiger partial charge in [0.1, 0.15) is 11.5 Å². The fourth-order valence-corrected chi connectivity index (χ4v) is 3.41. The number of carbonyl (C=O) groups excluding carboxylic acids is 1. The Kier molecular flexibility index (Phi) is 6.66. The minimum atomic E-state index is -4.77. The first-order valence-corrected chi connectivity index (χ1v) is 10.4. The van der Waals surface area contributed by atoms with E-state index in [2.05, 4.69) is 25.6 Å². The average molecular weight is 462 g/mol. The van der Waals surface area contributed by atoms with E-state index in [1.807, 2.05) is 0 Å². The summed E-state index contributed by atoms with van der Waals surface area (Å²) in [6, 6.07) is 11.8. The van der Waals surface area contributed by atoms with Crippen LogP contribution in [0.4, 0.5) is 30.6 Å². The Labute approximate surface area is 187 Å². The second-order valence-electron chi connectivity index (χ2n) is 7.47. The smallest absolute Gasteiger partial charge is 0.490 e. The maximum Gasteiger partial charge on any atom is 0.573 e. The Hall–Kier alpha value is -3.76. The van der Waals surface area contributed by atoms with Crippen LogP contribution in [0.1, 0.15) is 42.8 Å². The molecule has 11 heteroatoms. The van der Waals surface area contributed by atoms with Crippen LogP contribution >= 0.6 is 0 Å². The van der Waals surface area contributed by atoms with Gasteiger partial charge in [-0.1, -0.05) is 11.5 Å². The number of benzene rings is 2. The lowest BCUT2D eigenvalue weighted by atomic mass is 9.98. The molecule has 8 nitrogen and oxygen atoms in total. The topological polar surface area (TPSA) is 98.5 Å². The highest BCUT2D eigenvalue weighted by Crippen LogP contribution is 2.26. The first-order chi connectivity index (χ1) is 15.8. The van der Waals surface area contributed by atoms with Gasteiger partial charge in [0, 0.05) is 11.4 Å². The third-order valence-corrected chi connectivity index (χ3v) is 4.93. The SMILES string of the molecule is O=C(Nc1ccc(OC2CCCCC2)cc1)c1nnc(Nc2ccc(OC(F)(F)F)cc2)o1. The van der Waals surface area contributed by atoms with Crippen molar-refractivity contribution in [2.75, 3.05) is 10.6 Å². The van der Waals surface area contributed by atoms with Gasteiger partial charge in [0.15, 0.2) is 0 Å². The first-order valence-electron chi connectivity index (χ1n) is 10.4. The second-order valence-corrected chi connectivity index (χ2v) is 7.47. The van der Waals surface area contributed by atoms with Gasteiger partial charge in [-0.2, -0.15) is 0 Å². The van der Waals surface area contributed by atoms with Gasteiger partial charge in [0.2, 0.25) is 0 Å². The highest BCUT2D eigenvalue weighted by atomic mass is 19.4.